The second kappa shape index (κ2) is 10.8. The fourth-order valence-electron chi connectivity index (χ4n) is 5.67. The van der Waals surface area contributed by atoms with Crippen molar-refractivity contribution < 1.29 is 9.18 Å². The average molecular weight is 453 g/mol. The van der Waals surface area contributed by atoms with Gasteiger partial charge in [-0.2, -0.15) is 0 Å². The minimum Gasteiger partial charge on any atom is -0.341 e. The molecule has 33 heavy (non-hydrogen) atoms. The molecule has 0 saturated carbocycles. The predicted molar refractivity (Wildman–Crippen MR) is 131 cm³/mol. The van der Waals surface area contributed by atoms with Crippen LogP contribution in [-0.2, 0) is 23.2 Å². The molecule has 1 saturated heterocycles. The largest absolute Gasteiger partial charge is 0.341 e. The molecule has 4 rings (SSSR count). The number of fused-ring (bicyclic) bond motifs is 2. The maximum Gasteiger partial charge on any atom is 0.240 e. The van der Waals surface area contributed by atoms with Gasteiger partial charge < -0.3 is 15.5 Å². The Morgan fingerprint density at radius 2 is 1.79 bits per heavy atom. The maximum atomic E-state index is 13.6. The number of nitrogens with zero attached hydrogens (tertiary/aromatic N) is 2. The van der Waals surface area contributed by atoms with E-state index in [4.69, 9.17) is 0 Å². The molecule has 0 aliphatic carbocycles. The average Bonchev–Trinajstić information content (AvgIpc) is 2.85. The van der Waals surface area contributed by atoms with Crippen LogP contribution in [0.2, 0.25) is 0 Å². The van der Waals surface area contributed by atoms with E-state index in [0.717, 1.165) is 57.5 Å². The standard InChI is InChI=1S/C27H37FN4O/c1-3-32-17-12-22-6-4-5-7-24(22)27(32)13-18-31(19-14-27)26(33)25(30-16-15-29-2)20-21-8-10-23(28)11-9-21/h4-11,25,29-30H,3,12-20H2,1-2H3/t25-/m1/s1. The van der Waals surface area contributed by atoms with E-state index in [0.29, 0.717) is 13.0 Å². The van der Waals surface area contributed by atoms with Crippen molar-refractivity contribution in [2.45, 2.75) is 44.2 Å². The Hall–Kier alpha value is -2.28. The lowest BCUT2D eigenvalue weighted by Gasteiger charge is -2.52. The van der Waals surface area contributed by atoms with Crippen LogP contribution >= 0.6 is 0 Å². The molecule has 2 heterocycles. The molecule has 1 atom stereocenters. The van der Waals surface area contributed by atoms with Gasteiger partial charge in [0.25, 0.3) is 0 Å². The highest BCUT2D eigenvalue weighted by Crippen LogP contribution is 2.43. The van der Waals surface area contributed by atoms with Crippen molar-refractivity contribution in [2.75, 3.05) is 46.3 Å². The number of nitrogens with one attached hydrogen (secondary N) is 2. The molecule has 6 heteroatoms. The summed E-state index contributed by atoms with van der Waals surface area (Å²) in [4.78, 5) is 18.2. The molecule has 0 aromatic heterocycles. The number of likely N-dealkylation sites (tertiary alicyclic amines) is 1. The van der Waals surface area contributed by atoms with Crippen molar-refractivity contribution in [3.8, 4) is 0 Å². The van der Waals surface area contributed by atoms with Crippen molar-refractivity contribution in [2.24, 2.45) is 0 Å². The minimum absolute atomic E-state index is 0.0341. The van der Waals surface area contributed by atoms with Crippen molar-refractivity contribution in [1.82, 2.24) is 20.4 Å². The first-order valence-corrected chi connectivity index (χ1v) is 12.3. The molecule has 0 bridgehead atoms. The zero-order valence-electron chi connectivity index (χ0n) is 19.9. The fourth-order valence-corrected chi connectivity index (χ4v) is 5.67. The quantitative estimate of drug-likeness (QED) is 0.605. The molecule has 2 aliphatic rings. The predicted octanol–water partition coefficient (Wildman–Crippen LogP) is 2.94. The topological polar surface area (TPSA) is 47.6 Å². The van der Waals surface area contributed by atoms with Gasteiger partial charge in [-0.3, -0.25) is 9.69 Å². The summed E-state index contributed by atoms with van der Waals surface area (Å²) in [5.41, 5.74) is 3.93. The number of hydrogen-bond donors (Lipinski definition) is 2. The Labute approximate surface area is 197 Å². The molecular formula is C27H37FN4O. The monoisotopic (exact) mass is 452 g/mol. The Kier molecular flexibility index (Phi) is 7.78. The van der Waals surface area contributed by atoms with Crippen molar-refractivity contribution in [3.63, 3.8) is 0 Å². The maximum absolute atomic E-state index is 13.6. The summed E-state index contributed by atoms with van der Waals surface area (Å²) in [6.07, 6.45) is 3.59. The summed E-state index contributed by atoms with van der Waals surface area (Å²) < 4.78 is 13.4. The first kappa shape index (κ1) is 23.9. The van der Waals surface area contributed by atoms with Gasteiger partial charge in [0.15, 0.2) is 0 Å². The summed E-state index contributed by atoms with van der Waals surface area (Å²) in [6, 6.07) is 15.0. The number of hydrogen-bond acceptors (Lipinski definition) is 4. The molecule has 5 nitrogen and oxygen atoms in total. The Bertz CT molecular complexity index is 924. The number of carbonyl (C=O) groups excluding carboxylic acids is 1. The first-order valence-electron chi connectivity index (χ1n) is 12.3. The first-order chi connectivity index (χ1) is 16.1. The number of carbonyl (C=O) groups is 1. The van der Waals surface area contributed by atoms with Gasteiger partial charge in [-0.25, -0.2) is 4.39 Å². The summed E-state index contributed by atoms with van der Waals surface area (Å²) in [7, 11) is 1.91. The number of likely N-dealkylation sites (N-methyl/N-ethyl adjacent to an activating group) is 2. The van der Waals surface area contributed by atoms with E-state index in [1.807, 2.05) is 11.9 Å². The van der Waals surface area contributed by atoms with Gasteiger partial charge in [-0.15, -0.1) is 0 Å². The van der Waals surface area contributed by atoms with E-state index in [2.05, 4.69) is 46.7 Å². The van der Waals surface area contributed by atoms with Gasteiger partial charge in [-0.05, 0) is 68.1 Å². The van der Waals surface area contributed by atoms with Crippen molar-refractivity contribution in [3.05, 3.63) is 71.0 Å². The second-order valence-corrected chi connectivity index (χ2v) is 9.28. The second-order valence-electron chi connectivity index (χ2n) is 9.28. The summed E-state index contributed by atoms with van der Waals surface area (Å²) in [5.74, 6) is -0.100. The molecular weight excluding hydrogens is 415 g/mol. The van der Waals surface area contributed by atoms with E-state index < -0.39 is 0 Å². The van der Waals surface area contributed by atoms with Gasteiger partial charge in [-0.1, -0.05) is 43.3 Å². The third kappa shape index (κ3) is 5.13. The molecule has 1 fully saturated rings. The van der Waals surface area contributed by atoms with Crippen LogP contribution in [-0.4, -0.2) is 68.1 Å². The number of piperidine rings is 1. The summed E-state index contributed by atoms with van der Waals surface area (Å²) >= 11 is 0. The van der Waals surface area contributed by atoms with E-state index >= 15 is 0 Å². The van der Waals surface area contributed by atoms with Gasteiger partial charge >= 0.3 is 0 Å². The molecule has 2 N–H and O–H groups in total. The highest BCUT2D eigenvalue weighted by molar-refractivity contribution is 5.82. The van der Waals surface area contributed by atoms with Crippen LogP contribution < -0.4 is 10.6 Å². The zero-order valence-corrected chi connectivity index (χ0v) is 19.9. The molecule has 178 valence electrons. The van der Waals surface area contributed by atoms with Crippen LogP contribution in [0.15, 0.2) is 48.5 Å². The van der Waals surface area contributed by atoms with Crippen molar-refractivity contribution in [1.29, 1.82) is 0 Å². The van der Waals surface area contributed by atoms with Crippen LogP contribution in [0, 0.1) is 5.82 Å². The van der Waals surface area contributed by atoms with E-state index in [9.17, 15) is 9.18 Å². The number of amides is 1. The van der Waals surface area contributed by atoms with Crippen molar-refractivity contribution >= 4 is 5.91 Å². The smallest absolute Gasteiger partial charge is 0.240 e. The van der Waals surface area contributed by atoms with Crippen LogP contribution in [0.25, 0.3) is 0 Å². The summed E-state index contributed by atoms with van der Waals surface area (Å²) in [6.45, 7) is 7.38. The highest BCUT2D eigenvalue weighted by Gasteiger charge is 2.45. The van der Waals surface area contributed by atoms with E-state index in [-0.39, 0.29) is 23.3 Å². The Balaban J connectivity index is 1.48. The highest BCUT2D eigenvalue weighted by atomic mass is 19.1. The van der Waals surface area contributed by atoms with Crippen LogP contribution in [0.1, 0.15) is 36.5 Å². The van der Waals surface area contributed by atoms with E-state index in [1.165, 1.54) is 23.3 Å². The third-order valence-electron chi connectivity index (χ3n) is 7.48. The zero-order chi connectivity index (χ0) is 23.3. The Morgan fingerprint density at radius 3 is 2.48 bits per heavy atom. The van der Waals surface area contributed by atoms with Gasteiger partial charge in [0.1, 0.15) is 5.82 Å². The van der Waals surface area contributed by atoms with Gasteiger partial charge in [0.2, 0.25) is 5.91 Å². The molecule has 1 spiro atoms. The lowest BCUT2D eigenvalue weighted by Crippen LogP contribution is -2.59. The molecule has 0 radical (unpaired) electrons. The van der Waals surface area contributed by atoms with Gasteiger partial charge in [0, 0.05) is 38.3 Å². The van der Waals surface area contributed by atoms with E-state index in [1.54, 1.807) is 12.1 Å². The lowest BCUT2D eigenvalue weighted by molar-refractivity contribution is -0.136. The summed E-state index contributed by atoms with van der Waals surface area (Å²) in [5, 5.41) is 6.56. The number of benzene rings is 2. The lowest BCUT2D eigenvalue weighted by atomic mass is 9.74. The van der Waals surface area contributed by atoms with Crippen LogP contribution in [0.5, 0.6) is 0 Å². The third-order valence-corrected chi connectivity index (χ3v) is 7.48. The molecule has 2 aliphatic heterocycles. The normalized spacial score (nSPS) is 18.8. The Morgan fingerprint density at radius 1 is 1.06 bits per heavy atom. The molecule has 2 aromatic rings. The van der Waals surface area contributed by atoms with Gasteiger partial charge in [0.05, 0.1) is 6.04 Å². The minimum atomic E-state index is -0.307. The fraction of sp³-hybridized carbons (Fsp3) is 0.519. The molecule has 1 amide bonds. The number of halogens is 1. The SMILES string of the molecule is CCN1CCc2ccccc2C12CCN(C(=O)[C@@H](Cc1ccc(F)cc1)NCCNC)CC2. The van der Waals surface area contributed by atoms with Crippen LogP contribution in [0.3, 0.4) is 0 Å². The van der Waals surface area contributed by atoms with Crippen LogP contribution in [0.4, 0.5) is 4.39 Å². The number of rotatable bonds is 8. The molecule has 0 unspecified atom stereocenters. The molecule has 2 aromatic carbocycles.